The normalized spacial score (nSPS) is 11.8. The number of carbonyl (C=O) groups is 1. The first-order chi connectivity index (χ1) is 13.0. The Balaban J connectivity index is 2.66. The van der Waals surface area contributed by atoms with Crippen molar-refractivity contribution in [1.82, 2.24) is 15.3 Å². The zero-order valence-electron chi connectivity index (χ0n) is 15.3. The molecule has 0 saturated carbocycles. The molecule has 5 nitrogen and oxygen atoms in total. The van der Waals surface area contributed by atoms with Gasteiger partial charge >= 0.3 is 6.18 Å². The Hall–Kier alpha value is -2.78. The van der Waals surface area contributed by atoms with Crippen LogP contribution in [0.5, 0.6) is 0 Å². The summed E-state index contributed by atoms with van der Waals surface area (Å²) in [5.74, 6) is -4.09. The molecule has 0 atom stereocenters. The van der Waals surface area contributed by atoms with Gasteiger partial charge in [0, 0.05) is 18.0 Å². The van der Waals surface area contributed by atoms with Gasteiger partial charge in [-0.1, -0.05) is 26.8 Å². The molecule has 1 aromatic carbocycles. The SMILES string of the molecule is CCc1nc(-c2c(C(F)(F)F)ccc(CNC(=O)C(C)C)c2F)[nH]c(=O)c1F. The smallest absolute Gasteiger partial charge is 0.352 e. The van der Waals surface area contributed by atoms with Gasteiger partial charge in [-0.05, 0) is 12.5 Å². The van der Waals surface area contributed by atoms with E-state index in [9.17, 15) is 31.5 Å². The topological polar surface area (TPSA) is 74.8 Å². The van der Waals surface area contributed by atoms with E-state index in [-0.39, 0.29) is 24.2 Å². The standard InChI is InChI=1S/C18H18F5N3O2/c1-4-11-14(20)17(28)26-15(25-11)12-10(18(21,22)23)6-5-9(13(12)19)7-24-16(27)8(2)3/h5-6,8H,4,7H2,1-3H3,(H,24,27)(H,25,26,28). The van der Waals surface area contributed by atoms with Crippen LogP contribution in [0.1, 0.15) is 37.6 Å². The predicted molar refractivity (Wildman–Crippen MR) is 91.3 cm³/mol. The summed E-state index contributed by atoms with van der Waals surface area (Å²) in [7, 11) is 0. The first-order valence-electron chi connectivity index (χ1n) is 8.42. The molecule has 0 aliphatic carbocycles. The molecule has 0 bridgehead atoms. The van der Waals surface area contributed by atoms with Crippen LogP contribution in [0.25, 0.3) is 11.4 Å². The Morgan fingerprint density at radius 3 is 2.39 bits per heavy atom. The Morgan fingerprint density at radius 1 is 1.21 bits per heavy atom. The molecule has 0 aliphatic rings. The van der Waals surface area contributed by atoms with Crippen LogP contribution in [-0.4, -0.2) is 15.9 Å². The van der Waals surface area contributed by atoms with Crippen molar-refractivity contribution in [3.8, 4) is 11.4 Å². The zero-order chi connectivity index (χ0) is 21.2. The number of alkyl halides is 3. The molecule has 0 aliphatic heterocycles. The van der Waals surface area contributed by atoms with Gasteiger partial charge in [0.2, 0.25) is 11.7 Å². The Morgan fingerprint density at radius 2 is 1.86 bits per heavy atom. The number of aromatic amines is 1. The van der Waals surface area contributed by atoms with Gasteiger partial charge in [0.05, 0.1) is 16.8 Å². The number of H-pyrrole nitrogens is 1. The van der Waals surface area contributed by atoms with Crippen LogP contribution in [0.3, 0.4) is 0 Å². The number of hydrogen-bond donors (Lipinski definition) is 2. The first-order valence-corrected chi connectivity index (χ1v) is 8.42. The van der Waals surface area contributed by atoms with Crippen LogP contribution in [0.15, 0.2) is 16.9 Å². The van der Waals surface area contributed by atoms with Crippen molar-refractivity contribution in [2.24, 2.45) is 5.92 Å². The van der Waals surface area contributed by atoms with Crippen LogP contribution in [0.2, 0.25) is 0 Å². The molecule has 10 heteroatoms. The Kier molecular flexibility index (Phi) is 6.20. The van der Waals surface area contributed by atoms with Crippen LogP contribution >= 0.6 is 0 Å². The maximum Gasteiger partial charge on any atom is 0.417 e. The van der Waals surface area contributed by atoms with E-state index in [0.29, 0.717) is 6.07 Å². The molecule has 1 aromatic heterocycles. The fourth-order valence-corrected chi connectivity index (χ4v) is 2.47. The van der Waals surface area contributed by atoms with E-state index >= 15 is 0 Å². The lowest BCUT2D eigenvalue weighted by atomic mass is 10.0. The predicted octanol–water partition coefficient (Wildman–Crippen LogP) is 3.57. The number of hydrogen-bond acceptors (Lipinski definition) is 3. The van der Waals surface area contributed by atoms with Gasteiger partial charge in [0.25, 0.3) is 5.56 Å². The van der Waals surface area contributed by atoms with Crippen molar-refractivity contribution in [2.45, 2.75) is 39.9 Å². The summed E-state index contributed by atoms with van der Waals surface area (Å²) in [5.41, 5.74) is -4.30. The summed E-state index contributed by atoms with van der Waals surface area (Å²) in [6.07, 6.45) is -5.02. The molecule has 2 aromatic rings. The van der Waals surface area contributed by atoms with E-state index in [0.717, 1.165) is 6.07 Å². The van der Waals surface area contributed by atoms with E-state index in [1.807, 2.05) is 4.98 Å². The van der Waals surface area contributed by atoms with Crippen molar-refractivity contribution < 1.29 is 26.7 Å². The van der Waals surface area contributed by atoms with Crippen molar-refractivity contribution in [1.29, 1.82) is 0 Å². The third-order valence-corrected chi connectivity index (χ3v) is 4.01. The third kappa shape index (κ3) is 4.37. The summed E-state index contributed by atoms with van der Waals surface area (Å²) in [6, 6.07) is 1.52. The van der Waals surface area contributed by atoms with Crippen LogP contribution in [0, 0.1) is 17.6 Å². The molecule has 0 spiro atoms. The van der Waals surface area contributed by atoms with Gasteiger partial charge in [-0.25, -0.2) is 9.37 Å². The van der Waals surface area contributed by atoms with Crippen LogP contribution in [0.4, 0.5) is 22.0 Å². The average Bonchev–Trinajstić information content (AvgIpc) is 2.61. The molecule has 0 radical (unpaired) electrons. The summed E-state index contributed by atoms with van der Waals surface area (Å²) in [4.78, 5) is 28.9. The minimum atomic E-state index is -4.95. The summed E-state index contributed by atoms with van der Waals surface area (Å²) in [5, 5.41) is 2.41. The molecule has 1 amide bonds. The number of amides is 1. The molecule has 0 unspecified atom stereocenters. The number of nitrogens with zero attached hydrogens (tertiary/aromatic N) is 1. The van der Waals surface area contributed by atoms with Gasteiger partial charge in [-0.3, -0.25) is 9.59 Å². The lowest BCUT2D eigenvalue weighted by Crippen LogP contribution is -2.28. The number of halogens is 5. The van der Waals surface area contributed by atoms with Crippen molar-refractivity contribution >= 4 is 5.91 Å². The minimum absolute atomic E-state index is 0.0736. The van der Waals surface area contributed by atoms with Gasteiger partial charge in [0.15, 0.2) is 0 Å². The number of benzene rings is 1. The monoisotopic (exact) mass is 403 g/mol. The number of aromatic nitrogens is 2. The molecule has 2 rings (SSSR count). The number of carbonyl (C=O) groups excluding carboxylic acids is 1. The van der Waals surface area contributed by atoms with E-state index in [2.05, 4.69) is 10.3 Å². The van der Waals surface area contributed by atoms with Crippen molar-refractivity contribution in [2.75, 3.05) is 0 Å². The maximum atomic E-state index is 15.0. The molecule has 28 heavy (non-hydrogen) atoms. The van der Waals surface area contributed by atoms with Gasteiger partial charge < -0.3 is 10.3 Å². The fourth-order valence-electron chi connectivity index (χ4n) is 2.47. The van der Waals surface area contributed by atoms with Crippen molar-refractivity contribution in [3.05, 3.63) is 50.9 Å². The maximum absolute atomic E-state index is 15.0. The highest BCUT2D eigenvalue weighted by molar-refractivity contribution is 5.77. The van der Waals surface area contributed by atoms with Gasteiger partial charge in [0.1, 0.15) is 11.6 Å². The second-order valence-electron chi connectivity index (χ2n) is 6.36. The van der Waals surface area contributed by atoms with Gasteiger partial charge in [-0.2, -0.15) is 17.6 Å². The minimum Gasteiger partial charge on any atom is -0.352 e. The molecule has 2 N–H and O–H groups in total. The van der Waals surface area contributed by atoms with Gasteiger partial charge in [-0.15, -0.1) is 0 Å². The Bertz CT molecular complexity index is 951. The van der Waals surface area contributed by atoms with E-state index in [1.54, 1.807) is 13.8 Å². The highest BCUT2D eigenvalue weighted by Crippen LogP contribution is 2.38. The number of nitrogens with one attached hydrogen (secondary N) is 2. The quantitative estimate of drug-likeness (QED) is 0.750. The third-order valence-electron chi connectivity index (χ3n) is 4.01. The van der Waals surface area contributed by atoms with E-state index in [4.69, 9.17) is 0 Å². The molecular weight excluding hydrogens is 385 g/mol. The highest BCUT2D eigenvalue weighted by Gasteiger charge is 2.37. The molecule has 0 saturated heterocycles. The number of rotatable bonds is 5. The lowest BCUT2D eigenvalue weighted by Gasteiger charge is -2.17. The molecular formula is C18H18F5N3O2. The second kappa shape index (κ2) is 8.07. The summed E-state index contributed by atoms with van der Waals surface area (Å²) < 4.78 is 68.9. The van der Waals surface area contributed by atoms with Crippen molar-refractivity contribution in [3.63, 3.8) is 0 Å². The van der Waals surface area contributed by atoms with Crippen LogP contribution < -0.4 is 10.9 Å². The van der Waals surface area contributed by atoms with E-state index < -0.39 is 52.1 Å². The first kappa shape index (κ1) is 21.5. The zero-order valence-corrected chi connectivity index (χ0v) is 15.3. The fraction of sp³-hybridized carbons (Fsp3) is 0.389. The highest BCUT2D eigenvalue weighted by atomic mass is 19.4. The second-order valence-corrected chi connectivity index (χ2v) is 6.36. The molecule has 1 heterocycles. The summed E-state index contributed by atoms with van der Waals surface area (Å²) >= 11 is 0. The number of aryl methyl sites for hydroxylation is 1. The Labute approximate surface area is 157 Å². The molecule has 0 fully saturated rings. The lowest BCUT2D eigenvalue weighted by molar-refractivity contribution is -0.137. The largest absolute Gasteiger partial charge is 0.417 e. The molecule has 152 valence electrons. The summed E-state index contributed by atoms with van der Waals surface area (Å²) in [6.45, 7) is 4.29. The van der Waals surface area contributed by atoms with E-state index in [1.165, 1.54) is 6.92 Å². The average molecular weight is 403 g/mol. The van der Waals surface area contributed by atoms with Crippen LogP contribution in [-0.2, 0) is 23.9 Å².